The zero-order valence-corrected chi connectivity index (χ0v) is 12.2. The van der Waals surface area contributed by atoms with Crippen molar-refractivity contribution in [3.8, 4) is 6.07 Å². The van der Waals surface area contributed by atoms with Gasteiger partial charge in [-0.2, -0.15) is 5.26 Å². The Hall–Kier alpha value is -1.01. The van der Waals surface area contributed by atoms with Crippen molar-refractivity contribution in [3.05, 3.63) is 28.2 Å². The fourth-order valence-electron chi connectivity index (χ4n) is 2.07. The second-order valence-corrected chi connectivity index (χ2v) is 5.17. The van der Waals surface area contributed by atoms with E-state index in [2.05, 4.69) is 48.1 Å². The molecule has 0 aromatic heterocycles. The molecule has 0 amide bonds. The molecule has 1 aromatic rings. The van der Waals surface area contributed by atoms with Gasteiger partial charge in [0.15, 0.2) is 0 Å². The topological polar surface area (TPSA) is 35.8 Å². The molecule has 0 aliphatic carbocycles. The van der Waals surface area contributed by atoms with E-state index in [9.17, 15) is 0 Å². The highest BCUT2D eigenvalue weighted by molar-refractivity contribution is 9.10. The van der Waals surface area contributed by atoms with Crippen LogP contribution in [-0.2, 0) is 0 Å². The summed E-state index contributed by atoms with van der Waals surface area (Å²) in [7, 11) is 0. The summed E-state index contributed by atoms with van der Waals surface area (Å²) in [5.74, 6) is 0.685. The average Bonchev–Trinajstić information content (AvgIpc) is 2.31. The van der Waals surface area contributed by atoms with E-state index in [0.29, 0.717) is 17.5 Å². The molecule has 0 spiro atoms. The van der Waals surface area contributed by atoms with Crippen molar-refractivity contribution in [2.45, 2.75) is 39.7 Å². The number of nitrogens with zero attached hydrogens (tertiary/aromatic N) is 1. The lowest BCUT2D eigenvalue weighted by Gasteiger charge is -2.23. The Morgan fingerprint density at radius 3 is 2.47 bits per heavy atom. The van der Waals surface area contributed by atoms with Crippen molar-refractivity contribution in [1.29, 1.82) is 5.26 Å². The lowest BCUT2D eigenvalue weighted by Crippen LogP contribution is -2.24. The van der Waals surface area contributed by atoms with E-state index in [1.54, 1.807) is 0 Å². The molecule has 0 bridgehead atoms. The predicted octanol–water partition coefficient (Wildman–Crippen LogP) is 4.56. The summed E-state index contributed by atoms with van der Waals surface area (Å²) in [5.41, 5.74) is 1.74. The molecule has 0 radical (unpaired) electrons. The zero-order valence-electron chi connectivity index (χ0n) is 10.6. The first-order chi connectivity index (χ1) is 8.12. The molecule has 1 aromatic carbocycles. The van der Waals surface area contributed by atoms with Gasteiger partial charge in [-0.15, -0.1) is 0 Å². The molecule has 0 saturated carbocycles. The maximum absolute atomic E-state index is 8.86. The van der Waals surface area contributed by atoms with E-state index in [1.165, 1.54) is 12.8 Å². The molecule has 3 heteroatoms. The van der Waals surface area contributed by atoms with Crippen LogP contribution in [0.15, 0.2) is 22.7 Å². The Balaban J connectivity index is 2.76. The smallest absolute Gasteiger partial charge is 0.100 e. The number of benzene rings is 1. The van der Waals surface area contributed by atoms with Crippen molar-refractivity contribution in [2.24, 2.45) is 5.92 Å². The number of nitriles is 1. The Morgan fingerprint density at radius 2 is 2.00 bits per heavy atom. The van der Waals surface area contributed by atoms with Gasteiger partial charge < -0.3 is 5.32 Å². The van der Waals surface area contributed by atoms with Crippen molar-refractivity contribution in [3.63, 3.8) is 0 Å². The van der Waals surface area contributed by atoms with Crippen LogP contribution < -0.4 is 5.32 Å². The van der Waals surface area contributed by atoms with Gasteiger partial charge in [-0.25, -0.2) is 0 Å². The Bertz CT molecular complexity index is 405. The number of hydrogen-bond donors (Lipinski definition) is 1. The fourth-order valence-corrected chi connectivity index (χ4v) is 2.54. The summed E-state index contributed by atoms with van der Waals surface area (Å²) in [6, 6.07) is 8.36. The van der Waals surface area contributed by atoms with Crippen LogP contribution in [0.1, 0.15) is 39.2 Å². The highest BCUT2D eigenvalue weighted by atomic mass is 79.9. The van der Waals surface area contributed by atoms with Gasteiger partial charge in [-0.3, -0.25) is 0 Å². The minimum atomic E-state index is 0.449. The number of anilines is 1. The first kappa shape index (κ1) is 14.1. The number of rotatable bonds is 5. The first-order valence-electron chi connectivity index (χ1n) is 6.08. The van der Waals surface area contributed by atoms with Gasteiger partial charge in [0, 0.05) is 16.2 Å². The van der Waals surface area contributed by atoms with Crippen LogP contribution in [0.2, 0.25) is 0 Å². The summed E-state index contributed by atoms with van der Waals surface area (Å²) in [6.45, 7) is 6.66. The molecule has 1 N–H and O–H groups in total. The summed E-state index contributed by atoms with van der Waals surface area (Å²) >= 11 is 3.41. The van der Waals surface area contributed by atoms with Crippen LogP contribution in [0, 0.1) is 17.2 Å². The predicted molar refractivity (Wildman–Crippen MR) is 76.0 cm³/mol. The van der Waals surface area contributed by atoms with Crippen molar-refractivity contribution in [2.75, 3.05) is 5.32 Å². The molecule has 0 fully saturated rings. The van der Waals surface area contributed by atoms with Gasteiger partial charge in [-0.05, 0) is 47.0 Å². The van der Waals surface area contributed by atoms with Crippen molar-refractivity contribution >= 4 is 21.6 Å². The van der Waals surface area contributed by atoms with Gasteiger partial charge in [0.2, 0.25) is 0 Å². The van der Waals surface area contributed by atoms with Gasteiger partial charge in [0.1, 0.15) is 6.07 Å². The molecule has 0 heterocycles. The van der Waals surface area contributed by atoms with Gasteiger partial charge >= 0.3 is 0 Å². The minimum absolute atomic E-state index is 0.449. The minimum Gasteiger partial charge on any atom is -0.382 e. The SMILES string of the molecule is CCC(CC)C(C)Nc1ccc(C#N)c(Br)c1. The standard InChI is InChI=1S/C14H19BrN2/c1-4-11(5-2)10(3)17-13-7-6-12(9-16)14(15)8-13/h6-8,10-11,17H,4-5H2,1-3H3. The molecule has 0 aliphatic heterocycles. The number of hydrogen-bond acceptors (Lipinski definition) is 2. The molecule has 92 valence electrons. The number of halogens is 1. The molecule has 1 unspecified atom stereocenters. The normalized spacial score (nSPS) is 12.2. The van der Waals surface area contributed by atoms with Crippen LogP contribution >= 0.6 is 15.9 Å². The highest BCUT2D eigenvalue weighted by Crippen LogP contribution is 2.23. The fraction of sp³-hybridized carbons (Fsp3) is 0.500. The maximum Gasteiger partial charge on any atom is 0.100 e. The summed E-state index contributed by atoms with van der Waals surface area (Å²) in [4.78, 5) is 0. The van der Waals surface area contributed by atoms with E-state index in [1.807, 2.05) is 18.2 Å². The van der Waals surface area contributed by atoms with Crippen molar-refractivity contribution < 1.29 is 0 Å². The first-order valence-corrected chi connectivity index (χ1v) is 6.87. The average molecular weight is 295 g/mol. The molecular weight excluding hydrogens is 276 g/mol. The van der Waals surface area contributed by atoms with Crippen LogP contribution in [0.5, 0.6) is 0 Å². The second kappa shape index (κ2) is 6.66. The summed E-state index contributed by atoms with van der Waals surface area (Å²) in [6.07, 6.45) is 2.37. The Labute approximate surface area is 112 Å². The van der Waals surface area contributed by atoms with Gasteiger partial charge in [0.25, 0.3) is 0 Å². The number of nitrogens with one attached hydrogen (secondary N) is 1. The van der Waals surface area contributed by atoms with E-state index >= 15 is 0 Å². The molecular formula is C14H19BrN2. The molecule has 2 nitrogen and oxygen atoms in total. The maximum atomic E-state index is 8.86. The second-order valence-electron chi connectivity index (χ2n) is 4.32. The lowest BCUT2D eigenvalue weighted by molar-refractivity contribution is 0.438. The zero-order chi connectivity index (χ0) is 12.8. The molecule has 1 rings (SSSR count). The van der Waals surface area contributed by atoms with Gasteiger partial charge in [-0.1, -0.05) is 26.7 Å². The summed E-state index contributed by atoms with van der Waals surface area (Å²) < 4.78 is 0.849. The largest absolute Gasteiger partial charge is 0.382 e. The van der Waals surface area contributed by atoms with Crippen LogP contribution in [0.25, 0.3) is 0 Å². The highest BCUT2D eigenvalue weighted by Gasteiger charge is 2.13. The summed E-state index contributed by atoms with van der Waals surface area (Å²) in [5, 5.41) is 12.4. The third kappa shape index (κ3) is 3.74. The van der Waals surface area contributed by atoms with E-state index in [-0.39, 0.29) is 0 Å². The van der Waals surface area contributed by atoms with Crippen LogP contribution in [-0.4, -0.2) is 6.04 Å². The van der Waals surface area contributed by atoms with Crippen LogP contribution in [0.3, 0.4) is 0 Å². The Morgan fingerprint density at radius 1 is 1.35 bits per heavy atom. The molecule has 0 saturated heterocycles. The van der Waals surface area contributed by atoms with Crippen LogP contribution in [0.4, 0.5) is 5.69 Å². The Kier molecular flexibility index (Phi) is 5.50. The van der Waals surface area contributed by atoms with E-state index in [4.69, 9.17) is 5.26 Å². The van der Waals surface area contributed by atoms with E-state index < -0.39 is 0 Å². The van der Waals surface area contributed by atoms with Gasteiger partial charge in [0.05, 0.1) is 5.56 Å². The molecule has 0 aliphatic rings. The lowest BCUT2D eigenvalue weighted by atomic mass is 9.95. The van der Waals surface area contributed by atoms with Crippen molar-refractivity contribution in [1.82, 2.24) is 0 Å². The van der Waals surface area contributed by atoms with E-state index in [0.717, 1.165) is 10.2 Å². The third-order valence-electron chi connectivity index (χ3n) is 3.24. The monoisotopic (exact) mass is 294 g/mol. The molecule has 1 atom stereocenters. The third-order valence-corrected chi connectivity index (χ3v) is 3.90. The molecule has 17 heavy (non-hydrogen) atoms. The quantitative estimate of drug-likeness (QED) is 0.864.